The first kappa shape index (κ1) is 14.5. The zero-order chi connectivity index (χ0) is 14.8. The number of anilines is 1. The molecular weight excluding hydrogens is 374 g/mol. The van der Waals surface area contributed by atoms with Gasteiger partial charge in [-0.15, -0.1) is 22.7 Å². The molecule has 0 saturated carbocycles. The summed E-state index contributed by atoms with van der Waals surface area (Å²) in [6, 6.07) is 1.98. The van der Waals surface area contributed by atoms with Crippen molar-refractivity contribution in [3.8, 4) is 10.6 Å². The van der Waals surface area contributed by atoms with Gasteiger partial charge < -0.3 is 0 Å². The number of aromatic nitrogens is 1. The molecule has 21 heavy (non-hydrogen) atoms. The van der Waals surface area contributed by atoms with Gasteiger partial charge in [0.25, 0.3) is 0 Å². The monoisotopic (exact) mass is 383 g/mol. The Morgan fingerprint density at radius 1 is 1.57 bits per heavy atom. The summed E-state index contributed by atoms with van der Waals surface area (Å²) in [7, 11) is 0. The van der Waals surface area contributed by atoms with Gasteiger partial charge in [-0.3, -0.25) is 9.69 Å². The lowest BCUT2D eigenvalue weighted by molar-refractivity contribution is -0.117. The molecule has 0 spiro atoms. The van der Waals surface area contributed by atoms with Crippen molar-refractivity contribution in [2.45, 2.75) is 6.42 Å². The van der Waals surface area contributed by atoms with E-state index < -0.39 is 0 Å². The topological polar surface area (TPSA) is 82.0 Å². The first-order valence-corrected chi connectivity index (χ1v) is 8.74. The zero-order valence-electron chi connectivity index (χ0n) is 10.8. The van der Waals surface area contributed by atoms with Crippen molar-refractivity contribution in [1.82, 2.24) is 4.98 Å². The molecule has 0 aromatic carbocycles. The van der Waals surface area contributed by atoms with Crippen molar-refractivity contribution < 1.29 is 4.79 Å². The molecule has 3 rings (SSSR count). The van der Waals surface area contributed by atoms with E-state index in [4.69, 9.17) is 5.53 Å². The van der Waals surface area contributed by atoms with Crippen LogP contribution in [0.1, 0.15) is 6.42 Å². The first-order chi connectivity index (χ1) is 10.2. The van der Waals surface area contributed by atoms with Gasteiger partial charge in [-0.1, -0.05) is 5.11 Å². The molecule has 6 nitrogen and oxygen atoms in total. The quantitative estimate of drug-likeness (QED) is 0.447. The summed E-state index contributed by atoms with van der Waals surface area (Å²) in [5.74, 6) is 0.119. The number of thiophene rings is 1. The van der Waals surface area contributed by atoms with E-state index in [1.807, 2.05) is 16.8 Å². The van der Waals surface area contributed by atoms with Crippen LogP contribution in [0.15, 0.2) is 26.4 Å². The maximum atomic E-state index is 12.1. The average molecular weight is 384 g/mol. The number of hydrogen-bond acceptors (Lipinski definition) is 5. The lowest BCUT2D eigenvalue weighted by Crippen LogP contribution is -2.24. The van der Waals surface area contributed by atoms with Crippen LogP contribution in [0.2, 0.25) is 0 Å². The van der Waals surface area contributed by atoms with Gasteiger partial charge in [-0.2, -0.15) is 0 Å². The maximum absolute atomic E-state index is 12.1. The standard InChI is InChI=1S/C12H10BrN5OS2/c13-8-1-2-20-11(8)9-6-21-12(16-9)18-5-7(3-10(18)19)4-15-17-14/h1-2,6-7H,3-5H2. The van der Waals surface area contributed by atoms with Crippen molar-refractivity contribution >= 4 is 49.6 Å². The van der Waals surface area contributed by atoms with E-state index in [2.05, 4.69) is 30.9 Å². The fraction of sp³-hybridized carbons (Fsp3) is 0.333. The van der Waals surface area contributed by atoms with E-state index >= 15 is 0 Å². The van der Waals surface area contributed by atoms with Gasteiger partial charge in [0.05, 0.1) is 10.6 Å². The summed E-state index contributed by atoms with van der Waals surface area (Å²) in [6.45, 7) is 0.920. The van der Waals surface area contributed by atoms with E-state index in [0.29, 0.717) is 24.6 Å². The van der Waals surface area contributed by atoms with E-state index in [-0.39, 0.29) is 11.8 Å². The van der Waals surface area contributed by atoms with Crippen LogP contribution in [0.5, 0.6) is 0 Å². The molecule has 2 aromatic rings. The molecule has 0 aliphatic carbocycles. The summed E-state index contributed by atoms with van der Waals surface area (Å²) in [5.41, 5.74) is 9.23. The Balaban J connectivity index is 1.79. The van der Waals surface area contributed by atoms with E-state index in [0.717, 1.165) is 15.0 Å². The van der Waals surface area contributed by atoms with Crippen molar-refractivity contribution in [1.29, 1.82) is 0 Å². The van der Waals surface area contributed by atoms with Crippen molar-refractivity contribution in [3.05, 3.63) is 31.7 Å². The molecule has 0 N–H and O–H groups in total. The Kier molecular flexibility index (Phi) is 4.25. The van der Waals surface area contributed by atoms with E-state index in [1.54, 1.807) is 16.2 Å². The molecular formula is C12H10BrN5OS2. The van der Waals surface area contributed by atoms with Crippen LogP contribution in [-0.2, 0) is 4.79 Å². The Bertz CT molecular complexity index is 721. The van der Waals surface area contributed by atoms with Gasteiger partial charge in [0, 0.05) is 34.3 Å². The van der Waals surface area contributed by atoms with E-state index in [9.17, 15) is 4.79 Å². The normalized spacial score (nSPS) is 18.0. The highest BCUT2D eigenvalue weighted by Crippen LogP contribution is 2.37. The van der Waals surface area contributed by atoms with Gasteiger partial charge in [-0.05, 0) is 38.8 Å². The summed E-state index contributed by atoms with van der Waals surface area (Å²) >= 11 is 6.56. The predicted molar refractivity (Wildman–Crippen MR) is 87.6 cm³/mol. The summed E-state index contributed by atoms with van der Waals surface area (Å²) in [6.07, 6.45) is 0.413. The van der Waals surface area contributed by atoms with E-state index in [1.165, 1.54) is 11.3 Å². The molecule has 1 fully saturated rings. The van der Waals surface area contributed by atoms with Crippen LogP contribution in [0.4, 0.5) is 5.13 Å². The molecule has 2 aromatic heterocycles. The lowest BCUT2D eigenvalue weighted by Gasteiger charge is -2.11. The Hall–Kier alpha value is -1.41. The highest BCUT2D eigenvalue weighted by Gasteiger charge is 2.32. The number of nitrogens with zero attached hydrogens (tertiary/aromatic N) is 5. The van der Waals surface area contributed by atoms with Crippen LogP contribution in [-0.4, -0.2) is 24.0 Å². The minimum atomic E-state index is 0.0410. The minimum absolute atomic E-state index is 0.0410. The Labute approximate surface area is 137 Å². The molecule has 0 bridgehead atoms. The average Bonchev–Trinajstić information content (AvgIpc) is 3.16. The fourth-order valence-electron chi connectivity index (χ4n) is 2.21. The molecule has 0 radical (unpaired) electrons. The van der Waals surface area contributed by atoms with Gasteiger partial charge in [0.2, 0.25) is 5.91 Å². The number of azide groups is 1. The van der Waals surface area contributed by atoms with Crippen molar-refractivity contribution in [2.75, 3.05) is 18.0 Å². The van der Waals surface area contributed by atoms with Gasteiger partial charge in [0.15, 0.2) is 5.13 Å². The molecule has 1 aliphatic heterocycles. The van der Waals surface area contributed by atoms with Crippen LogP contribution in [0.25, 0.3) is 21.0 Å². The summed E-state index contributed by atoms with van der Waals surface area (Å²) < 4.78 is 1.01. The van der Waals surface area contributed by atoms with Gasteiger partial charge in [-0.25, -0.2) is 4.98 Å². The van der Waals surface area contributed by atoms with Crippen molar-refractivity contribution in [3.63, 3.8) is 0 Å². The molecule has 1 aliphatic rings. The minimum Gasteiger partial charge on any atom is -0.288 e. The molecule has 1 amide bonds. The number of thiazole rings is 1. The molecule has 1 atom stereocenters. The highest BCUT2D eigenvalue weighted by molar-refractivity contribution is 9.10. The smallest absolute Gasteiger partial charge is 0.229 e. The largest absolute Gasteiger partial charge is 0.288 e. The third-order valence-corrected chi connectivity index (χ3v) is 5.90. The third-order valence-electron chi connectivity index (χ3n) is 3.18. The maximum Gasteiger partial charge on any atom is 0.229 e. The lowest BCUT2D eigenvalue weighted by atomic mass is 10.1. The SMILES string of the molecule is [N-]=[N+]=NCC1CC(=O)N(c2nc(-c3sccc3Br)cs2)C1. The van der Waals surface area contributed by atoms with Crippen LogP contribution in [0, 0.1) is 5.92 Å². The second-order valence-corrected chi connectivity index (χ2v) is 7.21. The second-order valence-electron chi connectivity index (χ2n) is 4.60. The number of carbonyl (C=O) groups excluding carboxylic acids is 1. The molecule has 108 valence electrons. The summed E-state index contributed by atoms with van der Waals surface area (Å²) in [4.78, 5) is 22.1. The molecule has 9 heteroatoms. The Morgan fingerprint density at radius 2 is 2.43 bits per heavy atom. The first-order valence-electron chi connectivity index (χ1n) is 6.19. The fourth-order valence-corrected chi connectivity index (χ4v) is 4.66. The number of rotatable bonds is 4. The highest BCUT2D eigenvalue weighted by atomic mass is 79.9. The number of amides is 1. The molecule has 3 heterocycles. The Morgan fingerprint density at radius 3 is 3.14 bits per heavy atom. The van der Waals surface area contributed by atoms with Gasteiger partial charge >= 0.3 is 0 Å². The number of hydrogen-bond donors (Lipinski definition) is 0. The zero-order valence-corrected chi connectivity index (χ0v) is 14.0. The molecule has 1 unspecified atom stereocenters. The van der Waals surface area contributed by atoms with Gasteiger partial charge in [0.1, 0.15) is 0 Å². The predicted octanol–water partition coefficient (Wildman–Crippen LogP) is 4.30. The third kappa shape index (κ3) is 2.96. The number of carbonyl (C=O) groups is 1. The number of halogens is 1. The van der Waals surface area contributed by atoms with Crippen molar-refractivity contribution in [2.24, 2.45) is 11.0 Å². The van der Waals surface area contributed by atoms with Crippen LogP contribution < -0.4 is 4.90 Å². The summed E-state index contributed by atoms with van der Waals surface area (Å²) in [5, 5.41) is 8.21. The second kappa shape index (κ2) is 6.15. The van der Waals surface area contributed by atoms with Crippen LogP contribution in [0.3, 0.4) is 0 Å². The van der Waals surface area contributed by atoms with Crippen LogP contribution >= 0.6 is 38.6 Å². The molecule has 1 saturated heterocycles.